The summed E-state index contributed by atoms with van der Waals surface area (Å²) in [5.74, 6) is -2.19. The molecular weight excluding hydrogens is 508 g/mol. The molecule has 0 radical (unpaired) electrons. The second-order valence-corrected chi connectivity index (χ2v) is 11.3. The molecule has 0 aromatic heterocycles. The first kappa shape index (κ1) is 26.0. The molecule has 2 aromatic rings. The van der Waals surface area contributed by atoms with Crippen LogP contribution in [0.15, 0.2) is 70.6 Å². The van der Waals surface area contributed by atoms with E-state index < -0.39 is 44.3 Å². The van der Waals surface area contributed by atoms with Crippen molar-refractivity contribution in [2.75, 3.05) is 13.2 Å². The lowest BCUT2D eigenvalue weighted by molar-refractivity contribution is -0.151. The second-order valence-electron chi connectivity index (χ2n) is 8.76. The first-order valence-electron chi connectivity index (χ1n) is 11.2. The van der Waals surface area contributed by atoms with Gasteiger partial charge < -0.3 is 9.84 Å². The van der Waals surface area contributed by atoms with Crippen molar-refractivity contribution in [2.24, 2.45) is 10.4 Å². The van der Waals surface area contributed by atoms with Crippen LogP contribution in [0.5, 0.6) is 0 Å². The molecule has 3 N–H and O–H groups in total. The first-order chi connectivity index (χ1) is 17.2. The van der Waals surface area contributed by atoms with E-state index in [1.807, 2.05) is 0 Å². The number of halogens is 1. The Labute approximate surface area is 213 Å². The van der Waals surface area contributed by atoms with Gasteiger partial charge in [0.05, 0.1) is 16.7 Å². The molecule has 1 saturated heterocycles. The molecule has 0 spiro atoms. The van der Waals surface area contributed by atoms with Crippen LogP contribution in [0.2, 0.25) is 5.02 Å². The number of aliphatic carboxylic acids is 1. The van der Waals surface area contributed by atoms with E-state index in [0.717, 1.165) is 11.1 Å². The molecule has 190 valence electrons. The average molecular weight is 533 g/mol. The smallest absolute Gasteiger partial charge is 0.304 e. The van der Waals surface area contributed by atoms with E-state index in [1.54, 1.807) is 41.9 Å². The lowest BCUT2D eigenvalue weighted by Gasteiger charge is -2.49. The Kier molecular flexibility index (Phi) is 7.33. The van der Waals surface area contributed by atoms with E-state index in [2.05, 4.69) is 4.99 Å². The number of carboxylic acid groups (broad SMARTS) is 1. The maximum absolute atomic E-state index is 14.0. The van der Waals surface area contributed by atoms with Crippen LogP contribution >= 0.6 is 11.6 Å². The quantitative estimate of drug-likeness (QED) is 0.349. The fourth-order valence-corrected chi connectivity index (χ4v) is 7.29. The number of amides is 1. The highest BCUT2D eigenvalue weighted by Crippen LogP contribution is 2.51. The zero-order valence-corrected chi connectivity index (χ0v) is 20.7. The summed E-state index contributed by atoms with van der Waals surface area (Å²) in [6.07, 6.45) is 3.60. The molecule has 2 aromatic carbocycles. The van der Waals surface area contributed by atoms with Gasteiger partial charge in [0.2, 0.25) is 0 Å². The van der Waals surface area contributed by atoms with E-state index in [4.69, 9.17) is 16.3 Å². The first-order valence-corrected chi connectivity index (χ1v) is 13.2. The Hall–Kier alpha value is -3.05. The Morgan fingerprint density at radius 1 is 1.06 bits per heavy atom. The van der Waals surface area contributed by atoms with E-state index in [0.29, 0.717) is 5.02 Å². The number of aliphatic imine (C=N–C) groups is 1. The summed E-state index contributed by atoms with van der Waals surface area (Å²) >= 11 is 5.95. The summed E-state index contributed by atoms with van der Waals surface area (Å²) in [6, 6.07) is 13.1. The van der Waals surface area contributed by atoms with Gasteiger partial charge in [-0.3, -0.25) is 19.8 Å². The van der Waals surface area contributed by atoms with Crippen LogP contribution in [-0.4, -0.2) is 60.8 Å². The molecule has 1 fully saturated rings. The lowest BCUT2D eigenvalue weighted by atomic mass is 9.62. The van der Waals surface area contributed by atoms with Gasteiger partial charge in [0.15, 0.2) is 9.84 Å². The second kappa shape index (κ2) is 10.1. The number of ether oxygens (including phenoxy) is 1. The highest BCUT2D eigenvalue weighted by atomic mass is 35.5. The van der Waals surface area contributed by atoms with Crippen LogP contribution in [-0.2, 0) is 24.2 Å². The zero-order chi connectivity index (χ0) is 26.0. The topological polar surface area (TPSA) is 142 Å². The van der Waals surface area contributed by atoms with Gasteiger partial charge in [-0.15, -0.1) is 0 Å². The summed E-state index contributed by atoms with van der Waals surface area (Å²) in [5, 5.41) is 18.3. The third-order valence-corrected chi connectivity index (χ3v) is 9.42. The summed E-state index contributed by atoms with van der Waals surface area (Å²) in [5.41, 5.74) is -0.0878. The Bertz CT molecular complexity index is 1290. The van der Waals surface area contributed by atoms with Crippen LogP contribution in [0, 0.1) is 5.41 Å². The summed E-state index contributed by atoms with van der Waals surface area (Å²) in [6.45, 7) is 0.238. The Morgan fingerprint density at radius 3 is 2.14 bits per heavy atom. The predicted molar refractivity (Wildman–Crippen MR) is 133 cm³/mol. The number of carbonyl (C=O) groups excluding carboxylic acids is 1. The predicted octanol–water partition coefficient (Wildman–Crippen LogP) is 3.31. The van der Waals surface area contributed by atoms with Crippen molar-refractivity contribution in [3.05, 3.63) is 65.7 Å². The van der Waals surface area contributed by atoms with Gasteiger partial charge in [-0.25, -0.2) is 13.9 Å². The number of hydroxylamine groups is 1. The molecule has 0 saturated carbocycles. The van der Waals surface area contributed by atoms with Crippen molar-refractivity contribution in [1.82, 2.24) is 5.48 Å². The van der Waals surface area contributed by atoms with Gasteiger partial charge in [-0.05, 0) is 54.3 Å². The van der Waals surface area contributed by atoms with E-state index >= 15 is 0 Å². The molecule has 4 rings (SSSR count). The summed E-state index contributed by atoms with van der Waals surface area (Å²) in [4.78, 5) is 29.4. The summed E-state index contributed by atoms with van der Waals surface area (Å²) < 4.78 is 33.5. The fraction of sp³-hybridized carbons (Fsp3) is 0.320. The maximum Gasteiger partial charge on any atom is 0.304 e. The standard InChI is InChI=1S/C25H25ClN2O7S/c26-19-6-2-17(3-7-19)18-4-8-20(9-5-18)36(33,34)21(16-22(29)30)25(10-1-13-27-25)24(23(31)28-32)11-14-35-15-12-24/h1-10,13,21,32H,11-12,14-16H2,(H,28,31)(H,29,30). The molecule has 0 bridgehead atoms. The molecule has 11 heteroatoms. The SMILES string of the molecule is O=C(O)CC(C1(C2(C(=O)NO)CCOCC2)C=CC=N1)S(=O)(=O)c1ccc(-c2ccc(Cl)cc2)cc1. The number of nitrogens with one attached hydrogen (secondary N) is 1. The number of nitrogens with zero attached hydrogens (tertiary/aromatic N) is 1. The van der Waals surface area contributed by atoms with Gasteiger partial charge in [0.25, 0.3) is 5.91 Å². The van der Waals surface area contributed by atoms with Crippen molar-refractivity contribution in [3.8, 4) is 11.1 Å². The largest absolute Gasteiger partial charge is 0.481 e. The number of sulfone groups is 1. The van der Waals surface area contributed by atoms with Gasteiger partial charge in [0.1, 0.15) is 10.8 Å². The van der Waals surface area contributed by atoms with Crippen molar-refractivity contribution < 1.29 is 33.1 Å². The molecule has 2 unspecified atom stereocenters. The third-order valence-electron chi connectivity index (χ3n) is 6.96. The van der Waals surface area contributed by atoms with Crippen molar-refractivity contribution in [1.29, 1.82) is 0 Å². The van der Waals surface area contributed by atoms with Gasteiger partial charge >= 0.3 is 5.97 Å². The van der Waals surface area contributed by atoms with Crippen LogP contribution in [0.3, 0.4) is 0 Å². The lowest BCUT2D eigenvalue weighted by Crippen LogP contribution is -2.63. The van der Waals surface area contributed by atoms with Crippen molar-refractivity contribution in [3.63, 3.8) is 0 Å². The molecule has 2 atom stereocenters. The normalized spacial score (nSPS) is 21.7. The molecule has 2 aliphatic rings. The Morgan fingerprint density at radius 2 is 1.64 bits per heavy atom. The third kappa shape index (κ3) is 4.45. The molecule has 2 aliphatic heterocycles. The average Bonchev–Trinajstić information content (AvgIpc) is 3.39. The monoisotopic (exact) mass is 532 g/mol. The van der Waals surface area contributed by atoms with Crippen molar-refractivity contribution in [2.45, 2.75) is 34.9 Å². The molecule has 0 aliphatic carbocycles. The van der Waals surface area contributed by atoms with Crippen LogP contribution < -0.4 is 5.48 Å². The minimum absolute atomic E-state index is 0.0439. The highest BCUT2D eigenvalue weighted by Gasteiger charge is 2.63. The molecule has 1 amide bonds. The number of rotatable bonds is 8. The molecule has 2 heterocycles. The zero-order valence-electron chi connectivity index (χ0n) is 19.1. The number of carbonyl (C=O) groups is 2. The number of allylic oxidation sites excluding steroid dienone is 1. The molecular formula is C25H25ClN2O7S. The number of hydrogen-bond acceptors (Lipinski definition) is 7. The summed E-state index contributed by atoms with van der Waals surface area (Å²) in [7, 11) is -4.34. The Balaban J connectivity index is 1.83. The van der Waals surface area contributed by atoms with Gasteiger partial charge in [-0.1, -0.05) is 41.9 Å². The van der Waals surface area contributed by atoms with Crippen LogP contribution in [0.25, 0.3) is 11.1 Å². The van der Waals surface area contributed by atoms with Crippen molar-refractivity contribution >= 4 is 39.5 Å². The maximum atomic E-state index is 14.0. The van der Waals surface area contributed by atoms with Gasteiger partial charge in [-0.2, -0.15) is 0 Å². The molecule has 36 heavy (non-hydrogen) atoms. The molecule has 9 nitrogen and oxygen atoms in total. The van der Waals surface area contributed by atoms with E-state index in [-0.39, 0.29) is 31.0 Å². The fourth-order valence-electron chi connectivity index (χ4n) is 5.12. The van der Waals surface area contributed by atoms with Gasteiger partial charge in [0, 0.05) is 24.5 Å². The van der Waals surface area contributed by atoms with Crippen LogP contribution in [0.1, 0.15) is 19.3 Å². The minimum atomic E-state index is -4.34. The van der Waals surface area contributed by atoms with E-state index in [9.17, 15) is 28.3 Å². The van der Waals surface area contributed by atoms with E-state index in [1.165, 1.54) is 30.5 Å². The minimum Gasteiger partial charge on any atom is -0.481 e. The van der Waals surface area contributed by atoms with Crippen LogP contribution in [0.4, 0.5) is 0 Å². The highest BCUT2D eigenvalue weighted by molar-refractivity contribution is 7.92. The number of hydrogen-bond donors (Lipinski definition) is 3. The number of carboxylic acids is 1. The number of benzene rings is 2.